The van der Waals surface area contributed by atoms with Crippen LogP contribution in [-0.4, -0.2) is 58.7 Å². The van der Waals surface area contributed by atoms with Crippen molar-refractivity contribution >= 4 is 23.5 Å². The van der Waals surface area contributed by atoms with E-state index in [1.165, 1.54) is 0 Å². The first-order valence-corrected chi connectivity index (χ1v) is 11.6. The number of amides is 1. The minimum Gasteiger partial charge on any atom is -0.507 e. The first kappa shape index (κ1) is 24.6. The fraction of sp³-hybridized carbons (Fsp3) is 0.560. The molecule has 2 aliphatic carbocycles. The number of carbonyl (C=O) groups excluding carboxylic acids is 1. The number of aliphatic hydroxyl groups excluding tert-OH is 1. The van der Waals surface area contributed by atoms with E-state index in [1.807, 2.05) is 0 Å². The number of hydrogen-bond acceptors (Lipinski definition) is 6. The van der Waals surface area contributed by atoms with E-state index in [4.69, 9.17) is 14.9 Å². The molecule has 2 fully saturated rings. The average Bonchev–Trinajstić information content (AvgIpc) is 3.34. The number of carboxylic acid groups (broad SMARTS) is 1. The monoisotopic (exact) mass is 458 g/mol. The zero-order chi connectivity index (χ0) is 24.0. The lowest BCUT2D eigenvalue weighted by Gasteiger charge is -2.27. The van der Waals surface area contributed by atoms with Crippen LogP contribution in [0.25, 0.3) is 5.76 Å². The molecule has 0 unspecified atom stereocenters. The topological polar surface area (TPSA) is 120 Å². The SMILES string of the molecule is CC(=N)/C(COC(=O)N(C)C1CCCC1)=C(\O)c1ccc(O[C@H]2CCC[C@H](C(=O)O)C2)cc1. The number of hydrogen-bond donors (Lipinski definition) is 3. The fourth-order valence-electron chi connectivity index (χ4n) is 4.56. The first-order valence-electron chi connectivity index (χ1n) is 11.6. The molecule has 0 aliphatic heterocycles. The van der Waals surface area contributed by atoms with E-state index in [-0.39, 0.29) is 41.7 Å². The largest absolute Gasteiger partial charge is 0.507 e. The lowest BCUT2D eigenvalue weighted by Crippen LogP contribution is -2.36. The molecule has 8 heteroatoms. The van der Waals surface area contributed by atoms with Crippen molar-refractivity contribution in [1.82, 2.24) is 4.90 Å². The van der Waals surface area contributed by atoms with Crippen molar-refractivity contribution in [3.8, 4) is 5.75 Å². The molecule has 0 spiro atoms. The van der Waals surface area contributed by atoms with Crippen LogP contribution in [0.2, 0.25) is 0 Å². The quantitative estimate of drug-likeness (QED) is 0.371. The second-order valence-corrected chi connectivity index (χ2v) is 9.02. The van der Waals surface area contributed by atoms with Crippen LogP contribution in [0.15, 0.2) is 29.8 Å². The highest BCUT2D eigenvalue weighted by atomic mass is 16.6. The van der Waals surface area contributed by atoms with E-state index in [0.29, 0.717) is 24.2 Å². The number of nitrogens with one attached hydrogen (secondary N) is 1. The van der Waals surface area contributed by atoms with Crippen molar-refractivity contribution in [2.45, 2.75) is 70.4 Å². The molecule has 0 bridgehead atoms. The van der Waals surface area contributed by atoms with Crippen molar-refractivity contribution in [3.63, 3.8) is 0 Å². The molecule has 3 rings (SSSR count). The van der Waals surface area contributed by atoms with Gasteiger partial charge in [0.05, 0.1) is 17.6 Å². The van der Waals surface area contributed by atoms with Gasteiger partial charge in [-0.15, -0.1) is 0 Å². The van der Waals surface area contributed by atoms with E-state index in [2.05, 4.69) is 0 Å². The fourth-order valence-corrected chi connectivity index (χ4v) is 4.56. The molecule has 2 aliphatic rings. The maximum atomic E-state index is 12.4. The van der Waals surface area contributed by atoms with Crippen LogP contribution in [0.4, 0.5) is 4.79 Å². The molecule has 3 N–H and O–H groups in total. The van der Waals surface area contributed by atoms with E-state index < -0.39 is 12.1 Å². The van der Waals surface area contributed by atoms with Crippen LogP contribution in [0.1, 0.15) is 63.9 Å². The molecule has 1 aromatic rings. The molecule has 1 amide bonds. The lowest BCUT2D eigenvalue weighted by molar-refractivity contribution is -0.143. The number of ether oxygens (including phenoxy) is 2. The van der Waals surface area contributed by atoms with Gasteiger partial charge in [0.2, 0.25) is 0 Å². The van der Waals surface area contributed by atoms with E-state index >= 15 is 0 Å². The maximum Gasteiger partial charge on any atom is 0.410 e. The van der Waals surface area contributed by atoms with Crippen molar-refractivity contribution in [1.29, 1.82) is 5.41 Å². The summed E-state index contributed by atoms with van der Waals surface area (Å²) in [5.74, 6) is -0.670. The van der Waals surface area contributed by atoms with E-state index in [9.17, 15) is 19.8 Å². The zero-order valence-electron chi connectivity index (χ0n) is 19.4. The third-order valence-corrected chi connectivity index (χ3v) is 6.64. The lowest BCUT2D eigenvalue weighted by atomic mass is 9.87. The van der Waals surface area contributed by atoms with Crippen LogP contribution >= 0.6 is 0 Å². The molecule has 2 saturated carbocycles. The molecular formula is C25H34N2O6. The number of rotatable bonds is 8. The number of carbonyl (C=O) groups is 2. The summed E-state index contributed by atoms with van der Waals surface area (Å²) in [6, 6.07) is 6.97. The molecule has 0 saturated heterocycles. The van der Waals surface area contributed by atoms with Gasteiger partial charge in [0.15, 0.2) is 0 Å². The Hall–Kier alpha value is -3.03. The Bertz CT molecular complexity index is 889. The molecular weight excluding hydrogens is 424 g/mol. The van der Waals surface area contributed by atoms with Gasteiger partial charge in [-0.1, -0.05) is 12.8 Å². The maximum absolute atomic E-state index is 12.4. The van der Waals surface area contributed by atoms with Gasteiger partial charge in [0, 0.05) is 24.4 Å². The van der Waals surface area contributed by atoms with Crippen LogP contribution in [-0.2, 0) is 9.53 Å². The van der Waals surface area contributed by atoms with Crippen molar-refractivity contribution < 1.29 is 29.3 Å². The predicted octanol–water partition coefficient (Wildman–Crippen LogP) is 5.03. The molecule has 0 aromatic heterocycles. The van der Waals surface area contributed by atoms with Crippen LogP contribution in [0.3, 0.4) is 0 Å². The predicted molar refractivity (Wildman–Crippen MR) is 125 cm³/mol. The van der Waals surface area contributed by atoms with Crippen LogP contribution < -0.4 is 4.74 Å². The summed E-state index contributed by atoms with van der Waals surface area (Å²) in [7, 11) is 1.72. The van der Waals surface area contributed by atoms with Crippen LogP contribution in [0.5, 0.6) is 5.75 Å². The highest BCUT2D eigenvalue weighted by molar-refractivity contribution is 6.02. The Morgan fingerprint density at radius 3 is 2.33 bits per heavy atom. The number of aliphatic carboxylic acids is 1. The second kappa shape index (κ2) is 11.2. The van der Waals surface area contributed by atoms with Gasteiger partial charge in [0.1, 0.15) is 18.1 Å². The third kappa shape index (κ3) is 6.49. The van der Waals surface area contributed by atoms with Gasteiger partial charge in [-0.05, 0) is 69.7 Å². The zero-order valence-corrected chi connectivity index (χ0v) is 19.4. The summed E-state index contributed by atoms with van der Waals surface area (Å²) in [5, 5.41) is 28.0. The smallest absolute Gasteiger partial charge is 0.410 e. The summed E-state index contributed by atoms with van der Waals surface area (Å²) in [6.07, 6.45) is 6.34. The minimum atomic E-state index is -0.779. The Morgan fingerprint density at radius 1 is 1.06 bits per heavy atom. The molecule has 33 heavy (non-hydrogen) atoms. The van der Waals surface area contributed by atoms with Crippen LogP contribution in [0, 0.1) is 11.3 Å². The molecule has 0 radical (unpaired) electrons. The van der Waals surface area contributed by atoms with Gasteiger partial charge in [0.25, 0.3) is 0 Å². The van der Waals surface area contributed by atoms with Gasteiger partial charge in [-0.25, -0.2) is 4.79 Å². The standard InChI is InChI=1S/C25H34N2O6/c1-16(26)22(15-32-25(31)27(2)19-7-3-4-8-19)23(28)17-10-12-20(13-11-17)33-21-9-5-6-18(14-21)24(29)30/h10-13,18-19,21,26,28H,3-9,14-15H2,1-2H3,(H,29,30)/b23-22-,26-16?/t18-,21-/m0/s1. The number of benzene rings is 1. The number of nitrogens with zero attached hydrogens (tertiary/aromatic N) is 1. The van der Waals surface area contributed by atoms with Crippen molar-refractivity contribution in [2.24, 2.45) is 5.92 Å². The Morgan fingerprint density at radius 2 is 1.73 bits per heavy atom. The van der Waals surface area contributed by atoms with Gasteiger partial charge >= 0.3 is 12.1 Å². The highest BCUT2D eigenvalue weighted by Gasteiger charge is 2.28. The first-order chi connectivity index (χ1) is 15.8. The summed E-state index contributed by atoms with van der Waals surface area (Å²) in [5.41, 5.74) is 0.843. The highest BCUT2D eigenvalue weighted by Crippen LogP contribution is 2.29. The Labute approximate surface area is 194 Å². The minimum absolute atomic E-state index is 0.117. The molecule has 0 heterocycles. The second-order valence-electron chi connectivity index (χ2n) is 9.02. The van der Waals surface area contributed by atoms with Gasteiger partial charge in [-0.2, -0.15) is 0 Å². The van der Waals surface area contributed by atoms with Crippen molar-refractivity contribution in [3.05, 3.63) is 35.4 Å². The molecule has 180 valence electrons. The Balaban J connectivity index is 1.63. The number of carboxylic acids is 1. The molecule has 1 aromatic carbocycles. The third-order valence-electron chi connectivity index (χ3n) is 6.64. The Kier molecular flexibility index (Phi) is 8.36. The summed E-state index contributed by atoms with van der Waals surface area (Å²) >= 11 is 0. The van der Waals surface area contributed by atoms with Crippen molar-refractivity contribution in [2.75, 3.05) is 13.7 Å². The van der Waals surface area contributed by atoms with E-state index in [1.54, 1.807) is 43.1 Å². The van der Waals surface area contributed by atoms with Gasteiger partial charge in [-0.3, -0.25) is 4.79 Å². The normalized spacial score (nSPS) is 21.8. The number of aliphatic hydroxyl groups is 1. The van der Waals surface area contributed by atoms with Gasteiger partial charge < -0.3 is 30.0 Å². The average molecular weight is 459 g/mol. The van der Waals surface area contributed by atoms with E-state index in [0.717, 1.165) is 38.5 Å². The summed E-state index contributed by atoms with van der Waals surface area (Å²) < 4.78 is 11.3. The summed E-state index contributed by atoms with van der Waals surface area (Å²) in [4.78, 5) is 25.2. The summed E-state index contributed by atoms with van der Waals surface area (Å²) in [6.45, 7) is 1.35. The molecule has 2 atom stereocenters. The molecule has 8 nitrogen and oxygen atoms in total.